The number of anilines is 2. The molecule has 2 heterocycles. The van der Waals surface area contributed by atoms with Crippen LogP contribution in [0.25, 0.3) is 5.57 Å². The lowest BCUT2D eigenvalue weighted by molar-refractivity contribution is -0.105. The fourth-order valence-electron chi connectivity index (χ4n) is 3.53. The van der Waals surface area contributed by atoms with Gasteiger partial charge in [-0.2, -0.15) is 0 Å². The molecule has 0 atom stereocenters. The van der Waals surface area contributed by atoms with Gasteiger partial charge in [-0.25, -0.2) is 4.98 Å². The average Bonchev–Trinajstić information content (AvgIpc) is 2.86. The Hall–Kier alpha value is -3.65. The molecule has 8 heteroatoms. The molecule has 5 N–H and O–H groups in total. The topological polar surface area (TPSA) is 121 Å². The third-order valence-corrected chi connectivity index (χ3v) is 5.19. The van der Waals surface area contributed by atoms with Crippen LogP contribution in [0, 0.1) is 0 Å². The van der Waals surface area contributed by atoms with Crippen LogP contribution in [0.5, 0.6) is 0 Å². The number of nitrogens with zero attached hydrogens (tertiary/aromatic N) is 2. The Kier molecular flexibility index (Phi) is 8.39. The number of nitrogens with two attached hydrogens (primary N) is 1. The minimum Gasteiger partial charge on any atom is -0.404 e. The number of aromatic nitrogens is 1. The number of aliphatic hydroxyl groups is 1. The Bertz CT molecular complexity index is 979. The van der Waals surface area contributed by atoms with E-state index in [1.807, 2.05) is 12.1 Å². The molecule has 1 aliphatic heterocycles. The van der Waals surface area contributed by atoms with Crippen LogP contribution in [0.1, 0.15) is 35.3 Å². The van der Waals surface area contributed by atoms with Gasteiger partial charge in [0.2, 0.25) is 0 Å². The number of carbonyl (C=O) groups is 2. The average molecular weight is 436 g/mol. The first-order valence-electron chi connectivity index (χ1n) is 10.7. The first-order valence-corrected chi connectivity index (χ1v) is 10.7. The third kappa shape index (κ3) is 6.18. The van der Waals surface area contributed by atoms with Crippen molar-refractivity contribution >= 4 is 29.3 Å². The number of nitrogens with one attached hydrogen (secondary N) is 2. The predicted octanol–water partition coefficient (Wildman–Crippen LogP) is 2.29. The lowest BCUT2D eigenvalue weighted by Crippen LogP contribution is -2.29. The Labute approximate surface area is 187 Å². The van der Waals surface area contributed by atoms with Crippen LogP contribution in [0.15, 0.2) is 60.4 Å². The molecule has 3 rings (SSSR count). The second-order valence-electron chi connectivity index (χ2n) is 7.45. The van der Waals surface area contributed by atoms with E-state index in [1.165, 1.54) is 31.5 Å². The summed E-state index contributed by atoms with van der Waals surface area (Å²) < 4.78 is 0. The fourth-order valence-corrected chi connectivity index (χ4v) is 3.53. The van der Waals surface area contributed by atoms with Crippen LogP contribution >= 0.6 is 0 Å². The third-order valence-electron chi connectivity index (χ3n) is 5.19. The van der Waals surface area contributed by atoms with Gasteiger partial charge >= 0.3 is 0 Å². The molecule has 0 aliphatic carbocycles. The van der Waals surface area contributed by atoms with Crippen LogP contribution < -0.4 is 21.3 Å². The molecule has 0 bridgehead atoms. The molecular formula is C24H29N5O3. The van der Waals surface area contributed by atoms with Crippen LogP contribution in [-0.2, 0) is 4.79 Å². The van der Waals surface area contributed by atoms with E-state index < -0.39 is 0 Å². The predicted molar refractivity (Wildman–Crippen MR) is 126 cm³/mol. The van der Waals surface area contributed by atoms with Crippen molar-refractivity contribution in [3.8, 4) is 0 Å². The van der Waals surface area contributed by atoms with E-state index in [0.29, 0.717) is 35.5 Å². The van der Waals surface area contributed by atoms with Crippen molar-refractivity contribution in [2.24, 2.45) is 5.73 Å². The van der Waals surface area contributed by atoms with Crippen LogP contribution in [-0.4, -0.2) is 48.5 Å². The molecule has 2 aromatic rings. The maximum absolute atomic E-state index is 12.7. The number of benzene rings is 1. The smallest absolute Gasteiger partial charge is 0.255 e. The van der Waals surface area contributed by atoms with Crippen molar-refractivity contribution in [1.82, 2.24) is 10.3 Å². The molecule has 1 aliphatic rings. The maximum atomic E-state index is 12.7. The fraction of sp³-hybridized carbons (Fsp3) is 0.292. The van der Waals surface area contributed by atoms with E-state index in [-0.39, 0.29) is 18.2 Å². The first kappa shape index (κ1) is 23.0. The van der Waals surface area contributed by atoms with E-state index in [2.05, 4.69) is 20.5 Å². The largest absolute Gasteiger partial charge is 0.404 e. The Morgan fingerprint density at radius 1 is 1.12 bits per heavy atom. The van der Waals surface area contributed by atoms with Crippen LogP contribution in [0.3, 0.4) is 0 Å². The Morgan fingerprint density at radius 3 is 2.53 bits per heavy atom. The SMILES string of the molecule is N/C=C(\C=C(/C=O)NC(=O)c1ccc(N2CCCCC2)cc1)c1cccc(NCCO)n1. The summed E-state index contributed by atoms with van der Waals surface area (Å²) >= 11 is 0. The second-order valence-corrected chi connectivity index (χ2v) is 7.45. The van der Waals surface area contributed by atoms with E-state index in [4.69, 9.17) is 10.8 Å². The number of carbonyl (C=O) groups excluding carboxylic acids is 2. The van der Waals surface area contributed by atoms with E-state index in [1.54, 1.807) is 30.3 Å². The van der Waals surface area contributed by atoms with Gasteiger partial charge in [0.15, 0.2) is 6.29 Å². The van der Waals surface area contributed by atoms with Gasteiger partial charge in [-0.15, -0.1) is 0 Å². The van der Waals surface area contributed by atoms with Gasteiger partial charge in [0.25, 0.3) is 5.91 Å². The van der Waals surface area contributed by atoms with Gasteiger partial charge in [-0.05, 0) is 61.7 Å². The van der Waals surface area contributed by atoms with Crippen molar-refractivity contribution in [1.29, 1.82) is 0 Å². The molecule has 1 aromatic heterocycles. The summed E-state index contributed by atoms with van der Waals surface area (Å²) in [5.74, 6) is 0.186. The summed E-state index contributed by atoms with van der Waals surface area (Å²) in [5, 5.41) is 14.6. The quantitative estimate of drug-likeness (QED) is 0.271. The van der Waals surface area contributed by atoms with Crippen molar-refractivity contribution in [3.63, 3.8) is 0 Å². The van der Waals surface area contributed by atoms with Crippen LogP contribution in [0.2, 0.25) is 0 Å². The summed E-state index contributed by atoms with van der Waals surface area (Å²) in [4.78, 5) is 31.0. The van der Waals surface area contributed by atoms with Gasteiger partial charge in [0.05, 0.1) is 18.0 Å². The number of aldehydes is 1. The summed E-state index contributed by atoms with van der Waals surface area (Å²) in [6, 6.07) is 12.7. The molecule has 1 fully saturated rings. The highest BCUT2D eigenvalue weighted by Crippen LogP contribution is 2.20. The van der Waals surface area contributed by atoms with E-state index in [0.717, 1.165) is 18.8 Å². The number of pyridine rings is 1. The molecule has 1 aromatic carbocycles. The highest BCUT2D eigenvalue weighted by atomic mass is 16.3. The van der Waals surface area contributed by atoms with Crippen molar-refractivity contribution in [2.45, 2.75) is 19.3 Å². The minimum atomic E-state index is -0.378. The van der Waals surface area contributed by atoms with Crippen molar-refractivity contribution in [2.75, 3.05) is 36.5 Å². The van der Waals surface area contributed by atoms with Crippen LogP contribution in [0.4, 0.5) is 11.5 Å². The Morgan fingerprint density at radius 2 is 1.88 bits per heavy atom. The maximum Gasteiger partial charge on any atom is 0.255 e. The van der Waals surface area contributed by atoms with E-state index >= 15 is 0 Å². The van der Waals surface area contributed by atoms with Gasteiger partial charge in [-0.3, -0.25) is 9.59 Å². The van der Waals surface area contributed by atoms with Gasteiger partial charge in [-0.1, -0.05) is 6.07 Å². The molecule has 168 valence electrons. The molecule has 1 saturated heterocycles. The monoisotopic (exact) mass is 435 g/mol. The van der Waals surface area contributed by atoms with Crippen molar-refractivity contribution in [3.05, 3.63) is 71.7 Å². The van der Waals surface area contributed by atoms with Gasteiger partial charge in [0, 0.05) is 42.7 Å². The first-order chi connectivity index (χ1) is 15.6. The van der Waals surface area contributed by atoms with Gasteiger partial charge < -0.3 is 26.4 Å². The molecule has 0 saturated carbocycles. The number of allylic oxidation sites excluding steroid dienone is 3. The summed E-state index contributed by atoms with van der Waals surface area (Å²) in [5.41, 5.74) is 8.38. The zero-order valence-electron chi connectivity index (χ0n) is 18.0. The number of piperidine rings is 1. The molecule has 0 unspecified atom stereocenters. The molecule has 0 spiro atoms. The zero-order valence-corrected chi connectivity index (χ0v) is 18.0. The number of rotatable bonds is 9. The highest BCUT2D eigenvalue weighted by molar-refractivity contribution is 5.99. The number of hydrogen-bond donors (Lipinski definition) is 4. The number of hydrogen-bond acceptors (Lipinski definition) is 7. The van der Waals surface area contributed by atoms with Gasteiger partial charge in [0.1, 0.15) is 5.82 Å². The second kappa shape index (κ2) is 11.7. The minimum absolute atomic E-state index is 0.0221. The molecule has 8 nitrogen and oxygen atoms in total. The number of aliphatic hydroxyl groups excluding tert-OH is 1. The Balaban J connectivity index is 1.70. The molecule has 32 heavy (non-hydrogen) atoms. The van der Waals surface area contributed by atoms with E-state index in [9.17, 15) is 9.59 Å². The normalized spacial score (nSPS) is 14.7. The number of amides is 1. The lowest BCUT2D eigenvalue weighted by Gasteiger charge is -2.28. The molecular weight excluding hydrogens is 406 g/mol. The lowest BCUT2D eigenvalue weighted by atomic mass is 10.1. The highest BCUT2D eigenvalue weighted by Gasteiger charge is 2.13. The molecule has 0 radical (unpaired) electrons. The summed E-state index contributed by atoms with van der Waals surface area (Å²) in [7, 11) is 0. The standard InChI is InChI=1S/C24H29N5O3/c25-16-19(22-5-4-6-23(28-22)26-11-14-30)15-20(17-31)27-24(32)18-7-9-21(10-8-18)29-12-2-1-3-13-29/h4-10,15-17,30H,1-3,11-14,25H2,(H,26,28)(H,27,32)/b19-16+,20-15+. The van der Waals surface area contributed by atoms with Crippen molar-refractivity contribution < 1.29 is 14.7 Å². The summed E-state index contributed by atoms with van der Waals surface area (Å²) in [6.07, 6.45) is 6.99. The zero-order chi connectivity index (χ0) is 22.8. The summed E-state index contributed by atoms with van der Waals surface area (Å²) in [6.45, 7) is 2.40. The molecule has 1 amide bonds.